The van der Waals surface area contributed by atoms with E-state index in [4.69, 9.17) is 4.74 Å². The third-order valence-corrected chi connectivity index (χ3v) is 3.14. The second-order valence-corrected chi connectivity index (χ2v) is 4.77. The van der Waals surface area contributed by atoms with E-state index in [-0.39, 0.29) is 0 Å². The van der Waals surface area contributed by atoms with Gasteiger partial charge in [-0.2, -0.15) is 0 Å². The minimum atomic E-state index is 0.332. The van der Waals surface area contributed by atoms with Crippen LogP contribution in [0.5, 0.6) is 0 Å². The molecule has 0 aliphatic carbocycles. The predicted molar refractivity (Wildman–Crippen MR) is 70.1 cm³/mol. The summed E-state index contributed by atoms with van der Waals surface area (Å²) in [5, 5.41) is 3.18. The number of ether oxygens (including phenoxy) is 1. The quantitative estimate of drug-likeness (QED) is 0.852. The summed E-state index contributed by atoms with van der Waals surface area (Å²) < 4.78 is 5.71. The average Bonchev–Trinajstić information content (AvgIpc) is 2.30. The molecule has 0 bridgehead atoms. The summed E-state index contributed by atoms with van der Waals surface area (Å²) in [7, 11) is 1.98. The molecule has 0 saturated carbocycles. The lowest BCUT2D eigenvalue weighted by Gasteiger charge is -2.32. The zero-order valence-electron chi connectivity index (χ0n) is 10.8. The van der Waals surface area contributed by atoms with Crippen molar-refractivity contribution in [3.8, 4) is 0 Å². The Kier molecular flexibility index (Phi) is 4.54. The molecule has 0 amide bonds. The van der Waals surface area contributed by atoms with Crippen molar-refractivity contribution in [2.75, 3.05) is 33.3 Å². The Morgan fingerprint density at radius 1 is 1.47 bits per heavy atom. The van der Waals surface area contributed by atoms with E-state index in [1.807, 2.05) is 7.05 Å². The van der Waals surface area contributed by atoms with Gasteiger partial charge in [-0.25, -0.2) is 0 Å². The normalized spacial score (nSPS) is 21.6. The fourth-order valence-electron chi connectivity index (χ4n) is 2.34. The molecule has 1 N–H and O–H groups in total. The van der Waals surface area contributed by atoms with Crippen LogP contribution in [0.25, 0.3) is 0 Å². The molecule has 1 aromatic rings. The van der Waals surface area contributed by atoms with Crippen LogP contribution in [0, 0.1) is 6.92 Å². The van der Waals surface area contributed by atoms with Gasteiger partial charge in [0.05, 0.1) is 12.7 Å². The highest BCUT2D eigenvalue weighted by molar-refractivity contribution is 5.22. The van der Waals surface area contributed by atoms with E-state index in [0.717, 1.165) is 32.8 Å². The highest BCUT2D eigenvalue weighted by atomic mass is 16.5. The number of hydrogen-bond donors (Lipinski definition) is 1. The number of aryl methyl sites for hydroxylation is 1. The smallest absolute Gasteiger partial charge is 0.0826 e. The third-order valence-electron chi connectivity index (χ3n) is 3.14. The van der Waals surface area contributed by atoms with Crippen LogP contribution in [0.15, 0.2) is 24.3 Å². The van der Waals surface area contributed by atoms with Crippen molar-refractivity contribution in [1.29, 1.82) is 0 Å². The summed E-state index contributed by atoms with van der Waals surface area (Å²) in [6, 6.07) is 8.75. The van der Waals surface area contributed by atoms with Crippen molar-refractivity contribution < 1.29 is 4.74 Å². The van der Waals surface area contributed by atoms with E-state index in [1.54, 1.807) is 0 Å². The Balaban J connectivity index is 1.90. The number of morpholine rings is 1. The van der Waals surface area contributed by atoms with Crippen LogP contribution in [0.2, 0.25) is 0 Å². The molecule has 1 aromatic carbocycles. The molecule has 1 fully saturated rings. The molecule has 0 radical (unpaired) electrons. The van der Waals surface area contributed by atoms with Gasteiger partial charge in [0.2, 0.25) is 0 Å². The lowest BCUT2D eigenvalue weighted by atomic mass is 10.1. The van der Waals surface area contributed by atoms with E-state index in [2.05, 4.69) is 41.4 Å². The molecule has 17 heavy (non-hydrogen) atoms. The van der Waals surface area contributed by atoms with E-state index in [0.29, 0.717) is 6.10 Å². The van der Waals surface area contributed by atoms with Gasteiger partial charge < -0.3 is 10.1 Å². The molecule has 1 unspecified atom stereocenters. The van der Waals surface area contributed by atoms with E-state index < -0.39 is 0 Å². The van der Waals surface area contributed by atoms with Gasteiger partial charge in [0, 0.05) is 26.2 Å². The minimum Gasteiger partial charge on any atom is -0.374 e. The lowest BCUT2D eigenvalue weighted by molar-refractivity contribution is -0.0291. The number of nitrogens with zero attached hydrogens (tertiary/aromatic N) is 1. The van der Waals surface area contributed by atoms with Crippen molar-refractivity contribution in [2.45, 2.75) is 19.6 Å². The molecular formula is C14H22N2O. The number of nitrogens with one attached hydrogen (secondary N) is 1. The van der Waals surface area contributed by atoms with Crippen LogP contribution in [0.3, 0.4) is 0 Å². The Morgan fingerprint density at radius 3 is 3.12 bits per heavy atom. The molecule has 2 rings (SSSR count). The second-order valence-electron chi connectivity index (χ2n) is 4.77. The molecule has 0 spiro atoms. The number of likely N-dealkylation sites (N-methyl/N-ethyl adjacent to an activating group) is 1. The monoisotopic (exact) mass is 234 g/mol. The first kappa shape index (κ1) is 12.6. The van der Waals surface area contributed by atoms with E-state index in [9.17, 15) is 0 Å². The van der Waals surface area contributed by atoms with Gasteiger partial charge in [0.15, 0.2) is 0 Å². The maximum Gasteiger partial charge on any atom is 0.0826 e. The maximum atomic E-state index is 5.71. The third kappa shape index (κ3) is 3.80. The molecule has 1 heterocycles. The summed E-state index contributed by atoms with van der Waals surface area (Å²) in [5.41, 5.74) is 2.73. The van der Waals surface area contributed by atoms with Gasteiger partial charge >= 0.3 is 0 Å². The van der Waals surface area contributed by atoms with Gasteiger partial charge in [-0.15, -0.1) is 0 Å². The van der Waals surface area contributed by atoms with Crippen molar-refractivity contribution in [3.63, 3.8) is 0 Å². The Hall–Kier alpha value is -0.900. The van der Waals surface area contributed by atoms with Crippen LogP contribution in [0.4, 0.5) is 0 Å². The van der Waals surface area contributed by atoms with Gasteiger partial charge in [-0.3, -0.25) is 4.90 Å². The van der Waals surface area contributed by atoms with Crippen LogP contribution < -0.4 is 5.32 Å². The second kappa shape index (κ2) is 6.15. The Labute approximate surface area is 104 Å². The molecule has 1 aliphatic heterocycles. The molecule has 0 aromatic heterocycles. The van der Waals surface area contributed by atoms with Crippen molar-refractivity contribution in [2.24, 2.45) is 0 Å². The van der Waals surface area contributed by atoms with Gasteiger partial charge in [-0.1, -0.05) is 29.8 Å². The number of rotatable bonds is 4. The highest BCUT2D eigenvalue weighted by Crippen LogP contribution is 2.11. The summed E-state index contributed by atoms with van der Waals surface area (Å²) >= 11 is 0. The summed E-state index contributed by atoms with van der Waals surface area (Å²) in [6.45, 7) is 7.02. The van der Waals surface area contributed by atoms with Gasteiger partial charge in [0.1, 0.15) is 0 Å². The summed E-state index contributed by atoms with van der Waals surface area (Å²) in [4.78, 5) is 2.47. The fraction of sp³-hybridized carbons (Fsp3) is 0.571. The molecule has 1 aliphatic rings. The largest absolute Gasteiger partial charge is 0.374 e. The van der Waals surface area contributed by atoms with E-state index in [1.165, 1.54) is 11.1 Å². The average molecular weight is 234 g/mol. The van der Waals surface area contributed by atoms with Crippen molar-refractivity contribution in [1.82, 2.24) is 10.2 Å². The lowest BCUT2D eigenvalue weighted by Crippen LogP contribution is -2.45. The number of hydrogen-bond acceptors (Lipinski definition) is 3. The van der Waals surface area contributed by atoms with Crippen molar-refractivity contribution in [3.05, 3.63) is 35.4 Å². The van der Waals surface area contributed by atoms with Crippen LogP contribution in [0.1, 0.15) is 11.1 Å². The Bertz CT molecular complexity index is 352. The molecule has 3 nitrogen and oxygen atoms in total. The molecule has 3 heteroatoms. The zero-order valence-corrected chi connectivity index (χ0v) is 10.8. The van der Waals surface area contributed by atoms with Crippen LogP contribution in [-0.4, -0.2) is 44.3 Å². The summed E-state index contributed by atoms with van der Waals surface area (Å²) in [5.74, 6) is 0. The first-order valence-electron chi connectivity index (χ1n) is 6.32. The van der Waals surface area contributed by atoms with Gasteiger partial charge in [-0.05, 0) is 19.5 Å². The Morgan fingerprint density at radius 2 is 2.35 bits per heavy atom. The minimum absolute atomic E-state index is 0.332. The van der Waals surface area contributed by atoms with Crippen LogP contribution in [-0.2, 0) is 11.3 Å². The summed E-state index contributed by atoms with van der Waals surface area (Å²) in [6.07, 6.45) is 0.332. The zero-order chi connectivity index (χ0) is 12.1. The first-order valence-corrected chi connectivity index (χ1v) is 6.32. The molecule has 1 saturated heterocycles. The predicted octanol–water partition coefficient (Wildman–Crippen LogP) is 1.42. The molecule has 94 valence electrons. The standard InChI is InChI=1S/C14H22N2O/c1-12-4-3-5-13(8-12)10-16-6-7-17-14(11-16)9-15-2/h3-5,8,14-15H,6-7,9-11H2,1-2H3. The molecular weight excluding hydrogens is 212 g/mol. The van der Waals surface area contributed by atoms with E-state index >= 15 is 0 Å². The number of benzene rings is 1. The SMILES string of the molecule is CNCC1CN(Cc2cccc(C)c2)CCO1. The fourth-order valence-corrected chi connectivity index (χ4v) is 2.34. The highest BCUT2D eigenvalue weighted by Gasteiger charge is 2.19. The molecule has 1 atom stereocenters. The first-order chi connectivity index (χ1) is 8.28. The van der Waals surface area contributed by atoms with Crippen LogP contribution >= 0.6 is 0 Å². The topological polar surface area (TPSA) is 24.5 Å². The van der Waals surface area contributed by atoms with Crippen molar-refractivity contribution >= 4 is 0 Å². The van der Waals surface area contributed by atoms with Gasteiger partial charge in [0.25, 0.3) is 0 Å². The maximum absolute atomic E-state index is 5.71.